The Kier molecular flexibility index (Phi) is 7.35. The fourth-order valence-corrected chi connectivity index (χ4v) is 2.77. The predicted molar refractivity (Wildman–Crippen MR) is 115 cm³/mol. The molecule has 0 spiro atoms. The number of rotatable bonds is 8. The van der Waals surface area contributed by atoms with Gasteiger partial charge in [-0.2, -0.15) is 0 Å². The van der Waals surface area contributed by atoms with Crippen molar-refractivity contribution in [2.24, 2.45) is 0 Å². The summed E-state index contributed by atoms with van der Waals surface area (Å²) in [6.45, 7) is -0.0927. The standard InChI is InChI=1S/C21H26N4O5/c1-22(2)16-8-6-15(7-9-16)13-24(5)20(26)14-30-21(27)18-12-17(25(28)29)10-11-19(18)23(3)4/h6-12H,13-14H2,1-5H3. The SMILES string of the molecule is CN(Cc1ccc(N(C)C)cc1)C(=O)COC(=O)c1cc([N+](=O)[O-])ccc1N(C)C. The van der Waals surface area contributed by atoms with Gasteiger partial charge in [-0.25, -0.2) is 4.79 Å². The van der Waals surface area contributed by atoms with Crippen molar-refractivity contribution in [2.45, 2.75) is 6.54 Å². The lowest BCUT2D eigenvalue weighted by molar-refractivity contribution is -0.384. The van der Waals surface area contributed by atoms with Gasteiger partial charge in [0.1, 0.15) is 0 Å². The molecule has 0 aliphatic heterocycles. The zero-order valence-corrected chi connectivity index (χ0v) is 17.8. The van der Waals surface area contributed by atoms with Crippen molar-refractivity contribution in [1.82, 2.24) is 4.90 Å². The lowest BCUT2D eigenvalue weighted by Gasteiger charge is -2.19. The number of hydrogen-bond donors (Lipinski definition) is 0. The molecule has 160 valence electrons. The second-order valence-electron chi connectivity index (χ2n) is 7.24. The first-order valence-electron chi connectivity index (χ1n) is 9.23. The summed E-state index contributed by atoms with van der Waals surface area (Å²) in [5.41, 5.74) is 2.26. The molecule has 2 aromatic carbocycles. The van der Waals surface area contributed by atoms with Crippen LogP contribution in [0.4, 0.5) is 17.1 Å². The highest BCUT2D eigenvalue weighted by Crippen LogP contribution is 2.25. The number of esters is 1. The molecule has 1 amide bonds. The zero-order chi connectivity index (χ0) is 22.4. The number of anilines is 2. The zero-order valence-electron chi connectivity index (χ0n) is 17.8. The normalized spacial score (nSPS) is 10.3. The molecular weight excluding hydrogens is 388 g/mol. The first-order valence-corrected chi connectivity index (χ1v) is 9.23. The van der Waals surface area contributed by atoms with Crippen molar-refractivity contribution in [1.29, 1.82) is 0 Å². The molecule has 0 bridgehead atoms. The maximum absolute atomic E-state index is 12.5. The van der Waals surface area contributed by atoms with Crippen LogP contribution in [0, 0.1) is 10.1 Å². The van der Waals surface area contributed by atoms with Crippen LogP contribution in [0.1, 0.15) is 15.9 Å². The van der Waals surface area contributed by atoms with Crippen molar-refractivity contribution >= 4 is 28.9 Å². The van der Waals surface area contributed by atoms with Gasteiger partial charge >= 0.3 is 5.97 Å². The van der Waals surface area contributed by atoms with E-state index >= 15 is 0 Å². The van der Waals surface area contributed by atoms with E-state index in [9.17, 15) is 19.7 Å². The quantitative estimate of drug-likeness (QED) is 0.372. The van der Waals surface area contributed by atoms with E-state index in [1.54, 1.807) is 26.0 Å². The maximum Gasteiger partial charge on any atom is 0.341 e. The van der Waals surface area contributed by atoms with Gasteiger partial charge in [-0.15, -0.1) is 0 Å². The van der Waals surface area contributed by atoms with Crippen molar-refractivity contribution < 1.29 is 19.2 Å². The molecule has 0 unspecified atom stereocenters. The van der Waals surface area contributed by atoms with E-state index in [0.29, 0.717) is 12.2 Å². The fourth-order valence-electron chi connectivity index (χ4n) is 2.77. The Morgan fingerprint density at radius 2 is 1.60 bits per heavy atom. The summed E-state index contributed by atoms with van der Waals surface area (Å²) in [6.07, 6.45) is 0. The molecule has 0 aromatic heterocycles. The average molecular weight is 414 g/mol. The van der Waals surface area contributed by atoms with Crippen LogP contribution in [0.3, 0.4) is 0 Å². The molecule has 0 heterocycles. The molecule has 2 rings (SSSR count). The average Bonchev–Trinajstić information content (AvgIpc) is 2.71. The second kappa shape index (κ2) is 9.73. The number of nitrogens with zero attached hydrogens (tertiary/aromatic N) is 4. The highest BCUT2D eigenvalue weighted by molar-refractivity contribution is 5.97. The van der Waals surface area contributed by atoms with Crippen LogP contribution in [0.25, 0.3) is 0 Å². The number of hydrogen-bond acceptors (Lipinski definition) is 7. The molecule has 0 saturated heterocycles. The van der Waals surface area contributed by atoms with Crippen LogP contribution in [0.2, 0.25) is 0 Å². The molecule has 0 aliphatic carbocycles. The molecule has 0 N–H and O–H groups in total. The number of nitro groups is 1. The van der Waals surface area contributed by atoms with Gasteiger partial charge in [0.2, 0.25) is 0 Å². The van der Waals surface area contributed by atoms with Crippen LogP contribution in [-0.2, 0) is 16.1 Å². The first-order chi connectivity index (χ1) is 14.1. The van der Waals surface area contributed by atoms with Gasteiger partial charge in [-0.3, -0.25) is 14.9 Å². The molecular formula is C21H26N4O5. The predicted octanol–water partition coefficient (Wildman–Crippen LogP) is 2.54. The minimum absolute atomic E-state index is 0.0314. The van der Waals surface area contributed by atoms with Crippen LogP contribution >= 0.6 is 0 Å². The van der Waals surface area contributed by atoms with Gasteiger partial charge < -0.3 is 19.4 Å². The summed E-state index contributed by atoms with van der Waals surface area (Å²) >= 11 is 0. The summed E-state index contributed by atoms with van der Waals surface area (Å²) in [5.74, 6) is -1.17. The van der Waals surface area contributed by atoms with Crippen LogP contribution in [0.5, 0.6) is 0 Å². The van der Waals surface area contributed by atoms with Crippen molar-refractivity contribution in [3.8, 4) is 0 Å². The number of ether oxygens (including phenoxy) is 1. The smallest absolute Gasteiger partial charge is 0.341 e. The summed E-state index contributed by atoms with van der Waals surface area (Å²) in [6, 6.07) is 11.7. The summed E-state index contributed by atoms with van der Waals surface area (Å²) in [4.78, 5) is 40.4. The Labute approximate surface area is 175 Å². The van der Waals surface area contributed by atoms with E-state index in [4.69, 9.17) is 4.74 Å². The largest absolute Gasteiger partial charge is 0.452 e. The molecule has 9 nitrogen and oxygen atoms in total. The minimum Gasteiger partial charge on any atom is -0.452 e. The molecule has 0 fully saturated rings. The topological polar surface area (TPSA) is 96.2 Å². The van der Waals surface area contributed by atoms with Gasteiger partial charge in [0.15, 0.2) is 6.61 Å². The maximum atomic E-state index is 12.5. The Bertz CT molecular complexity index is 925. The first kappa shape index (κ1) is 22.7. The lowest BCUT2D eigenvalue weighted by atomic mass is 10.1. The number of carbonyl (C=O) groups excluding carboxylic acids is 2. The Hall–Kier alpha value is -3.62. The van der Waals surface area contributed by atoms with E-state index in [1.807, 2.05) is 43.3 Å². The van der Waals surface area contributed by atoms with E-state index < -0.39 is 17.5 Å². The van der Waals surface area contributed by atoms with Crippen LogP contribution in [-0.4, -0.2) is 63.5 Å². The Morgan fingerprint density at radius 1 is 0.967 bits per heavy atom. The van der Waals surface area contributed by atoms with Crippen LogP contribution in [0.15, 0.2) is 42.5 Å². The summed E-state index contributed by atoms with van der Waals surface area (Å²) < 4.78 is 5.14. The number of benzene rings is 2. The highest BCUT2D eigenvalue weighted by atomic mass is 16.6. The number of non-ortho nitro benzene ring substituents is 1. The Balaban J connectivity index is 2.02. The Morgan fingerprint density at radius 3 is 2.13 bits per heavy atom. The van der Waals surface area contributed by atoms with Crippen molar-refractivity contribution in [3.05, 3.63) is 63.7 Å². The summed E-state index contributed by atoms with van der Waals surface area (Å²) in [5, 5.41) is 11.0. The molecule has 2 aromatic rings. The van der Waals surface area contributed by atoms with E-state index in [0.717, 1.165) is 17.3 Å². The van der Waals surface area contributed by atoms with Gasteiger partial charge in [-0.1, -0.05) is 12.1 Å². The molecule has 30 heavy (non-hydrogen) atoms. The molecule has 0 aliphatic rings. The van der Waals surface area contributed by atoms with Gasteiger partial charge in [-0.05, 0) is 23.8 Å². The number of amides is 1. The second-order valence-corrected chi connectivity index (χ2v) is 7.24. The fraction of sp³-hybridized carbons (Fsp3) is 0.333. The van der Waals surface area contributed by atoms with Gasteiger partial charge in [0.25, 0.3) is 11.6 Å². The summed E-state index contributed by atoms with van der Waals surface area (Å²) in [7, 11) is 8.93. The highest BCUT2D eigenvalue weighted by Gasteiger charge is 2.21. The lowest BCUT2D eigenvalue weighted by Crippen LogP contribution is -2.31. The molecule has 0 atom stereocenters. The van der Waals surface area contributed by atoms with Crippen LogP contribution < -0.4 is 9.80 Å². The molecule has 0 radical (unpaired) electrons. The number of likely N-dealkylation sites (N-methyl/N-ethyl adjacent to an activating group) is 1. The monoisotopic (exact) mass is 414 g/mol. The van der Waals surface area contributed by atoms with Gasteiger partial charge in [0.05, 0.1) is 16.2 Å². The van der Waals surface area contributed by atoms with E-state index in [-0.39, 0.29) is 17.2 Å². The van der Waals surface area contributed by atoms with Crippen molar-refractivity contribution in [3.63, 3.8) is 0 Å². The van der Waals surface area contributed by atoms with E-state index in [2.05, 4.69) is 0 Å². The van der Waals surface area contributed by atoms with E-state index in [1.165, 1.54) is 17.0 Å². The molecule has 0 saturated carbocycles. The third kappa shape index (κ3) is 5.69. The third-order valence-corrected chi connectivity index (χ3v) is 4.52. The minimum atomic E-state index is -0.792. The third-order valence-electron chi connectivity index (χ3n) is 4.52. The van der Waals surface area contributed by atoms with Gasteiger partial charge in [0, 0.05) is 59.6 Å². The molecule has 9 heteroatoms. The number of nitro benzene ring substituents is 1. The van der Waals surface area contributed by atoms with Crippen molar-refractivity contribution in [2.75, 3.05) is 51.6 Å². The number of carbonyl (C=O) groups is 2.